The van der Waals surface area contributed by atoms with Crippen molar-refractivity contribution in [2.24, 2.45) is 0 Å². The molecule has 0 unspecified atom stereocenters. The molecule has 4 rings (SSSR count). The highest BCUT2D eigenvalue weighted by molar-refractivity contribution is 9.10. The summed E-state index contributed by atoms with van der Waals surface area (Å²) in [6.07, 6.45) is 0. The van der Waals surface area contributed by atoms with E-state index in [1.807, 2.05) is 31.2 Å². The largest absolute Gasteiger partial charge is 0.493 e. The van der Waals surface area contributed by atoms with Crippen LogP contribution in [0.1, 0.15) is 20.8 Å². The Morgan fingerprint density at radius 2 is 1.59 bits per heavy atom. The monoisotopic (exact) mass is 588 g/mol. The van der Waals surface area contributed by atoms with Crippen molar-refractivity contribution < 1.29 is 14.3 Å². The number of H-pyrrole nitrogens is 1. The van der Waals surface area contributed by atoms with E-state index in [0.29, 0.717) is 34.9 Å². The smallest absolute Gasteiger partial charge is 0.222 e. The van der Waals surface area contributed by atoms with E-state index < -0.39 is 0 Å². The number of rotatable bonds is 4. The van der Waals surface area contributed by atoms with Crippen LogP contribution in [0.3, 0.4) is 0 Å². The molecule has 0 fully saturated rings. The first-order valence-corrected chi connectivity index (χ1v) is 11.9. The third kappa shape index (κ3) is 6.64. The van der Waals surface area contributed by atoms with E-state index in [-0.39, 0.29) is 17.2 Å². The molecule has 3 N–H and O–H groups in total. The van der Waals surface area contributed by atoms with Crippen molar-refractivity contribution >= 4 is 77.1 Å². The Hall–Kier alpha value is -3.24. The number of ether oxygens (including phenoxy) is 1. The average molecular weight is 590 g/mol. The van der Waals surface area contributed by atoms with E-state index in [4.69, 9.17) is 4.74 Å². The van der Waals surface area contributed by atoms with Crippen LogP contribution in [0.25, 0.3) is 21.8 Å². The quantitative estimate of drug-likeness (QED) is 0.287. The van der Waals surface area contributed by atoms with Crippen molar-refractivity contribution in [3.8, 4) is 5.75 Å². The van der Waals surface area contributed by atoms with E-state index in [9.17, 15) is 14.4 Å². The van der Waals surface area contributed by atoms with Crippen molar-refractivity contribution in [1.82, 2.24) is 9.97 Å². The zero-order valence-corrected chi connectivity index (χ0v) is 21.8. The minimum atomic E-state index is -0.216. The number of halogens is 2. The number of nitrogens with zero attached hydrogens (tertiary/aromatic N) is 1. The number of benzene rings is 2. The zero-order valence-electron chi connectivity index (χ0n) is 18.7. The summed E-state index contributed by atoms with van der Waals surface area (Å²) in [5.41, 5.74) is 1.35. The summed E-state index contributed by atoms with van der Waals surface area (Å²) in [5, 5.41) is 6.72. The molecule has 0 aliphatic carbocycles. The Kier molecular flexibility index (Phi) is 8.41. The number of aromatic nitrogens is 2. The van der Waals surface area contributed by atoms with Crippen molar-refractivity contribution in [2.75, 3.05) is 17.2 Å². The van der Waals surface area contributed by atoms with Crippen molar-refractivity contribution in [3.05, 3.63) is 67.7 Å². The summed E-state index contributed by atoms with van der Waals surface area (Å²) in [5.74, 6) is 1.26. The lowest BCUT2D eigenvalue weighted by Crippen LogP contribution is -2.11. The number of carbonyl (C=O) groups excluding carboxylic acids is 2. The second kappa shape index (κ2) is 11.3. The van der Waals surface area contributed by atoms with E-state index >= 15 is 0 Å². The fraction of sp³-hybridized carbons (Fsp3) is 0.167. The fourth-order valence-corrected chi connectivity index (χ4v) is 3.88. The van der Waals surface area contributed by atoms with E-state index in [0.717, 1.165) is 19.8 Å². The molecule has 0 aliphatic rings. The number of hydrogen-bond donors (Lipinski definition) is 3. The Balaban J connectivity index is 0.000000192. The summed E-state index contributed by atoms with van der Waals surface area (Å²) in [7, 11) is 0. The summed E-state index contributed by atoms with van der Waals surface area (Å²) in [4.78, 5) is 41.0. The molecule has 2 aromatic heterocycles. The molecule has 2 aromatic carbocycles. The number of carbonyl (C=O) groups is 2. The molecule has 176 valence electrons. The van der Waals surface area contributed by atoms with Gasteiger partial charge >= 0.3 is 0 Å². The van der Waals surface area contributed by atoms with Crippen LogP contribution in [0, 0.1) is 0 Å². The number of pyridine rings is 2. The number of anilines is 2. The molecule has 0 saturated carbocycles. The van der Waals surface area contributed by atoms with Crippen LogP contribution in [0.4, 0.5) is 11.6 Å². The van der Waals surface area contributed by atoms with Gasteiger partial charge in [0, 0.05) is 45.7 Å². The van der Waals surface area contributed by atoms with Crippen LogP contribution in [-0.4, -0.2) is 28.4 Å². The average Bonchev–Trinajstić information content (AvgIpc) is 2.75. The van der Waals surface area contributed by atoms with Gasteiger partial charge in [-0.3, -0.25) is 14.4 Å². The van der Waals surface area contributed by atoms with Crippen LogP contribution in [0.2, 0.25) is 0 Å². The van der Waals surface area contributed by atoms with Gasteiger partial charge in [0.25, 0.3) is 0 Å². The van der Waals surface area contributed by atoms with Gasteiger partial charge in [-0.25, -0.2) is 4.98 Å². The number of fused-ring (bicyclic) bond motifs is 2. The molecule has 0 spiro atoms. The van der Waals surface area contributed by atoms with Gasteiger partial charge in [-0.15, -0.1) is 0 Å². The second-order valence-electron chi connectivity index (χ2n) is 7.20. The van der Waals surface area contributed by atoms with Crippen molar-refractivity contribution in [1.29, 1.82) is 0 Å². The third-order valence-corrected chi connectivity index (χ3v) is 5.43. The maximum Gasteiger partial charge on any atom is 0.222 e. The van der Waals surface area contributed by atoms with Gasteiger partial charge in [-0.2, -0.15) is 0 Å². The Morgan fingerprint density at radius 3 is 2.24 bits per heavy atom. The first kappa shape index (κ1) is 25.4. The van der Waals surface area contributed by atoms with Crippen LogP contribution in [-0.2, 0) is 9.59 Å². The lowest BCUT2D eigenvalue weighted by atomic mass is 10.2. The summed E-state index contributed by atoms with van der Waals surface area (Å²) in [6.45, 7) is 5.32. The number of hydrogen-bond acceptors (Lipinski definition) is 5. The molecule has 0 radical (unpaired) electrons. The predicted molar refractivity (Wildman–Crippen MR) is 141 cm³/mol. The molecule has 2 amide bonds. The number of aromatic amines is 1. The molecular weight excluding hydrogens is 568 g/mol. The Bertz CT molecular complexity index is 1440. The molecule has 4 aromatic rings. The topological polar surface area (TPSA) is 113 Å². The molecule has 0 bridgehead atoms. The molecule has 10 heteroatoms. The molecular formula is C24H22Br2N4O4. The highest BCUT2D eigenvalue weighted by Crippen LogP contribution is 2.30. The minimum absolute atomic E-state index is 0.126. The summed E-state index contributed by atoms with van der Waals surface area (Å²) in [6, 6.07) is 14.2. The van der Waals surface area contributed by atoms with Gasteiger partial charge in [0.15, 0.2) is 5.43 Å². The second-order valence-corrected chi connectivity index (χ2v) is 9.03. The van der Waals surface area contributed by atoms with Gasteiger partial charge < -0.3 is 20.4 Å². The number of amides is 2. The SMILES string of the molecule is CC(=O)Nc1cc(=O)c2cc(Br)ccc2[nH]1.CCOc1cc(NC(C)=O)nc2ccc(Br)cc12. The predicted octanol–water partition coefficient (Wildman–Crippen LogP) is 5.60. The van der Waals surface area contributed by atoms with Crippen LogP contribution < -0.4 is 20.8 Å². The Morgan fingerprint density at radius 1 is 0.941 bits per heavy atom. The van der Waals surface area contributed by atoms with Gasteiger partial charge in [0.05, 0.1) is 17.6 Å². The van der Waals surface area contributed by atoms with Crippen LogP contribution in [0.15, 0.2) is 62.3 Å². The maximum absolute atomic E-state index is 11.7. The minimum Gasteiger partial charge on any atom is -0.493 e. The molecule has 0 saturated heterocycles. The molecule has 0 atom stereocenters. The molecule has 8 nitrogen and oxygen atoms in total. The fourth-order valence-electron chi connectivity index (χ4n) is 3.16. The summed E-state index contributed by atoms with van der Waals surface area (Å²) >= 11 is 6.73. The van der Waals surface area contributed by atoms with E-state index in [2.05, 4.69) is 52.5 Å². The van der Waals surface area contributed by atoms with Gasteiger partial charge in [-0.1, -0.05) is 31.9 Å². The highest BCUT2D eigenvalue weighted by Gasteiger charge is 2.08. The zero-order chi connectivity index (χ0) is 24.8. The first-order chi connectivity index (χ1) is 16.2. The number of nitrogens with one attached hydrogen (secondary N) is 3. The van der Waals surface area contributed by atoms with Crippen LogP contribution >= 0.6 is 31.9 Å². The van der Waals surface area contributed by atoms with Gasteiger partial charge in [0.2, 0.25) is 11.8 Å². The third-order valence-electron chi connectivity index (χ3n) is 4.44. The van der Waals surface area contributed by atoms with Crippen LogP contribution in [0.5, 0.6) is 5.75 Å². The first-order valence-electron chi connectivity index (χ1n) is 10.3. The highest BCUT2D eigenvalue weighted by atomic mass is 79.9. The lowest BCUT2D eigenvalue weighted by Gasteiger charge is -2.10. The standard InChI is InChI=1S/C13H13BrN2O2.C11H9BrN2O2/c1-3-18-12-7-13(15-8(2)17)16-11-5-4-9(14)6-10(11)12;1-6(15)13-11-5-10(16)8-4-7(12)2-3-9(8)14-11/h4-7H,3H2,1-2H3,(H,15,16,17);2-5H,1H3,(H2,13,14,15,16). The molecule has 0 aliphatic heterocycles. The van der Waals surface area contributed by atoms with E-state index in [1.165, 1.54) is 19.9 Å². The van der Waals surface area contributed by atoms with Gasteiger partial charge in [-0.05, 0) is 43.3 Å². The maximum atomic E-state index is 11.7. The van der Waals surface area contributed by atoms with Crippen molar-refractivity contribution in [2.45, 2.75) is 20.8 Å². The van der Waals surface area contributed by atoms with Crippen molar-refractivity contribution in [3.63, 3.8) is 0 Å². The summed E-state index contributed by atoms with van der Waals surface area (Å²) < 4.78 is 7.39. The Labute approximate surface area is 212 Å². The normalized spacial score (nSPS) is 10.4. The van der Waals surface area contributed by atoms with E-state index in [1.54, 1.807) is 18.2 Å². The molecule has 2 heterocycles. The lowest BCUT2D eigenvalue weighted by molar-refractivity contribution is -0.115. The molecule has 34 heavy (non-hydrogen) atoms. The van der Waals surface area contributed by atoms with Gasteiger partial charge in [0.1, 0.15) is 17.4 Å².